The van der Waals surface area contributed by atoms with Crippen LogP contribution in [0, 0.1) is 5.41 Å². The summed E-state index contributed by atoms with van der Waals surface area (Å²) in [6.07, 6.45) is 3.70. The SMILES string of the molecule is CC1(C)[C@@H](N)[C@@H]1c1cncc(Br)c1. The van der Waals surface area contributed by atoms with Crippen LogP contribution in [0.15, 0.2) is 22.9 Å². The molecule has 1 aromatic heterocycles. The fourth-order valence-electron chi connectivity index (χ4n) is 1.91. The van der Waals surface area contributed by atoms with Crippen molar-refractivity contribution in [3.05, 3.63) is 28.5 Å². The summed E-state index contributed by atoms with van der Waals surface area (Å²) in [5.41, 5.74) is 7.46. The molecule has 2 atom stereocenters. The lowest BCUT2D eigenvalue weighted by Gasteiger charge is -2.01. The second-order valence-electron chi connectivity index (χ2n) is 4.26. The standard InChI is InChI=1S/C10H13BrN2/c1-10(2)8(9(10)12)6-3-7(11)5-13-4-6/h3-5,8-9H,12H2,1-2H3/t8-,9-/m0/s1. The smallest absolute Gasteiger partial charge is 0.0410 e. The van der Waals surface area contributed by atoms with Gasteiger partial charge in [0.2, 0.25) is 0 Å². The van der Waals surface area contributed by atoms with E-state index in [-0.39, 0.29) is 11.5 Å². The molecule has 0 spiro atoms. The number of aromatic nitrogens is 1. The quantitative estimate of drug-likeness (QED) is 0.819. The first-order valence-corrected chi connectivity index (χ1v) is 5.19. The van der Waals surface area contributed by atoms with Crippen molar-refractivity contribution in [2.45, 2.75) is 25.8 Å². The van der Waals surface area contributed by atoms with Gasteiger partial charge in [-0.25, -0.2) is 0 Å². The largest absolute Gasteiger partial charge is 0.327 e. The van der Waals surface area contributed by atoms with E-state index in [0.717, 1.165) is 4.47 Å². The molecule has 3 heteroatoms. The van der Waals surface area contributed by atoms with Gasteiger partial charge < -0.3 is 5.73 Å². The third-order valence-electron chi connectivity index (χ3n) is 3.00. The van der Waals surface area contributed by atoms with Crippen LogP contribution in [0.25, 0.3) is 0 Å². The normalized spacial score (nSPS) is 30.2. The highest BCUT2D eigenvalue weighted by molar-refractivity contribution is 9.10. The summed E-state index contributed by atoms with van der Waals surface area (Å²) in [5, 5.41) is 0. The van der Waals surface area contributed by atoms with Gasteiger partial charge in [-0.2, -0.15) is 0 Å². The van der Waals surface area contributed by atoms with Crippen LogP contribution in [0.1, 0.15) is 25.3 Å². The molecule has 1 heterocycles. The van der Waals surface area contributed by atoms with Crippen LogP contribution >= 0.6 is 15.9 Å². The molecule has 2 rings (SSSR count). The van der Waals surface area contributed by atoms with E-state index in [2.05, 4.69) is 40.8 Å². The zero-order valence-electron chi connectivity index (χ0n) is 7.79. The number of nitrogens with zero attached hydrogens (tertiary/aromatic N) is 1. The fourth-order valence-corrected chi connectivity index (χ4v) is 2.30. The molecule has 70 valence electrons. The van der Waals surface area contributed by atoms with Gasteiger partial charge in [0.15, 0.2) is 0 Å². The molecule has 1 aromatic rings. The van der Waals surface area contributed by atoms with Gasteiger partial charge in [-0.15, -0.1) is 0 Å². The summed E-state index contributed by atoms with van der Waals surface area (Å²) in [7, 11) is 0. The van der Waals surface area contributed by atoms with E-state index >= 15 is 0 Å². The number of hydrogen-bond donors (Lipinski definition) is 1. The van der Waals surface area contributed by atoms with Crippen LogP contribution in [0.4, 0.5) is 0 Å². The summed E-state index contributed by atoms with van der Waals surface area (Å²) in [5.74, 6) is 0.470. The Hall–Kier alpha value is -0.410. The highest BCUT2D eigenvalue weighted by Gasteiger charge is 2.56. The molecule has 1 saturated carbocycles. The second kappa shape index (κ2) is 2.79. The second-order valence-corrected chi connectivity index (χ2v) is 5.18. The topological polar surface area (TPSA) is 38.9 Å². The third-order valence-corrected chi connectivity index (χ3v) is 3.43. The Morgan fingerprint density at radius 2 is 2.08 bits per heavy atom. The summed E-state index contributed by atoms with van der Waals surface area (Å²) in [4.78, 5) is 4.14. The Labute approximate surface area is 86.7 Å². The van der Waals surface area contributed by atoms with E-state index in [1.807, 2.05) is 6.20 Å². The lowest BCUT2D eigenvalue weighted by atomic mass is 10.1. The van der Waals surface area contributed by atoms with Gasteiger partial charge in [-0.05, 0) is 33.0 Å². The van der Waals surface area contributed by atoms with Crippen LogP contribution < -0.4 is 5.73 Å². The lowest BCUT2D eigenvalue weighted by molar-refractivity contribution is 0.598. The molecule has 1 fully saturated rings. The van der Waals surface area contributed by atoms with Crippen LogP contribution in [0.3, 0.4) is 0 Å². The molecular formula is C10H13BrN2. The monoisotopic (exact) mass is 240 g/mol. The first-order chi connectivity index (χ1) is 6.03. The Morgan fingerprint density at radius 3 is 2.54 bits per heavy atom. The predicted molar refractivity (Wildman–Crippen MR) is 56.4 cm³/mol. The lowest BCUT2D eigenvalue weighted by Crippen LogP contribution is -2.06. The van der Waals surface area contributed by atoms with Gasteiger partial charge in [-0.3, -0.25) is 4.98 Å². The first-order valence-electron chi connectivity index (χ1n) is 4.39. The van der Waals surface area contributed by atoms with Gasteiger partial charge in [0.25, 0.3) is 0 Å². The van der Waals surface area contributed by atoms with Crippen molar-refractivity contribution in [3.8, 4) is 0 Å². The van der Waals surface area contributed by atoms with Gasteiger partial charge in [-0.1, -0.05) is 13.8 Å². The van der Waals surface area contributed by atoms with E-state index in [0.29, 0.717) is 5.92 Å². The van der Waals surface area contributed by atoms with Crippen LogP contribution in [0.2, 0.25) is 0 Å². The number of halogens is 1. The molecule has 0 aliphatic heterocycles. The number of hydrogen-bond acceptors (Lipinski definition) is 2. The molecular weight excluding hydrogens is 228 g/mol. The maximum Gasteiger partial charge on any atom is 0.0410 e. The Bertz CT molecular complexity index is 335. The number of rotatable bonds is 1. The molecule has 0 radical (unpaired) electrons. The van der Waals surface area contributed by atoms with E-state index in [1.54, 1.807) is 6.20 Å². The summed E-state index contributed by atoms with van der Waals surface area (Å²) < 4.78 is 1.03. The molecule has 0 aromatic carbocycles. The van der Waals surface area contributed by atoms with E-state index in [4.69, 9.17) is 5.73 Å². The average molecular weight is 241 g/mol. The molecule has 2 N–H and O–H groups in total. The van der Waals surface area contributed by atoms with Crippen molar-refractivity contribution in [1.29, 1.82) is 0 Å². The molecule has 1 aliphatic carbocycles. The number of nitrogens with two attached hydrogens (primary N) is 1. The van der Waals surface area contributed by atoms with Crippen molar-refractivity contribution >= 4 is 15.9 Å². The minimum atomic E-state index is 0.239. The van der Waals surface area contributed by atoms with Crippen molar-refractivity contribution in [1.82, 2.24) is 4.98 Å². The summed E-state index contributed by atoms with van der Waals surface area (Å²) in [6, 6.07) is 2.38. The van der Waals surface area contributed by atoms with E-state index in [9.17, 15) is 0 Å². The van der Waals surface area contributed by atoms with Crippen LogP contribution in [-0.4, -0.2) is 11.0 Å². The number of pyridine rings is 1. The third kappa shape index (κ3) is 1.40. The Balaban J connectivity index is 2.29. The maximum absolute atomic E-state index is 5.98. The zero-order valence-corrected chi connectivity index (χ0v) is 9.38. The van der Waals surface area contributed by atoms with Crippen molar-refractivity contribution in [3.63, 3.8) is 0 Å². The first kappa shape index (κ1) is 9.16. The summed E-state index contributed by atoms with van der Waals surface area (Å²) >= 11 is 3.41. The molecule has 0 saturated heterocycles. The average Bonchev–Trinajstić information content (AvgIpc) is 2.51. The van der Waals surface area contributed by atoms with E-state index in [1.165, 1.54) is 5.56 Å². The van der Waals surface area contributed by atoms with Crippen LogP contribution in [0.5, 0.6) is 0 Å². The van der Waals surface area contributed by atoms with Gasteiger partial charge in [0.1, 0.15) is 0 Å². The minimum Gasteiger partial charge on any atom is -0.327 e. The van der Waals surface area contributed by atoms with Crippen molar-refractivity contribution < 1.29 is 0 Å². The molecule has 13 heavy (non-hydrogen) atoms. The molecule has 0 unspecified atom stereocenters. The minimum absolute atomic E-state index is 0.239. The predicted octanol–water partition coefficient (Wildman–Crippen LogP) is 2.29. The van der Waals surface area contributed by atoms with Gasteiger partial charge in [0.05, 0.1) is 0 Å². The molecule has 2 nitrogen and oxygen atoms in total. The fraction of sp³-hybridized carbons (Fsp3) is 0.500. The summed E-state index contributed by atoms with van der Waals surface area (Å²) in [6.45, 7) is 4.40. The van der Waals surface area contributed by atoms with Crippen molar-refractivity contribution in [2.75, 3.05) is 0 Å². The van der Waals surface area contributed by atoms with Crippen LogP contribution in [-0.2, 0) is 0 Å². The van der Waals surface area contributed by atoms with Gasteiger partial charge >= 0.3 is 0 Å². The Kier molecular flexibility index (Phi) is 1.96. The highest BCUT2D eigenvalue weighted by atomic mass is 79.9. The van der Waals surface area contributed by atoms with Gasteiger partial charge in [0, 0.05) is 28.8 Å². The molecule has 0 amide bonds. The van der Waals surface area contributed by atoms with Crippen molar-refractivity contribution in [2.24, 2.45) is 11.1 Å². The Morgan fingerprint density at radius 1 is 1.46 bits per heavy atom. The van der Waals surface area contributed by atoms with E-state index < -0.39 is 0 Å². The molecule has 0 bridgehead atoms. The molecule has 1 aliphatic rings. The maximum atomic E-state index is 5.98. The zero-order chi connectivity index (χ0) is 9.64. The highest BCUT2D eigenvalue weighted by Crippen LogP contribution is 2.57.